The van der Waals surface area contributed by atoms with Gasteiger partial charge in [-0.2, -0.15) is 9.97 Å². The Bertz CT molecular complexity index is 2260. The molecule has 0 spiro atoms. The van der Waals surface area contributed by atoms with Crippen LogP contribution in [0.2, 0.25) is 0 Å². The van der Waals surface area contributed by atoms with Crippen molar-refractivity contribution in [1.82, 2.24) is 15.0 Å². The number of rotatable bonds is 29. The van der Waals surface area contributed by atoms with Gasteiger partial charge < -0.3 is 14.4 Å². The lowest BCUT2D eigenvalue weighted by atomic mass is 9.76. The molecule has 1 saturated heterocycles. The Morgan fingerprint density at radius 2 is 1.52 bits per heavy atom. The molecule has 9 atom stereocenters. The molecule has 0 bridgehead atoms. The molecule has 2 aromatic carbocycles. The van der Waals surface area contributed by atoms with Gasteiger partial charge in [0.2, 0.25) is 0 Å². The van der Waals surface area contributed by atoms with E-state index in [4.69, 9.17) is 30.8 Å². The number of hydrogen-bond acceptors (Lipinski definition) is 6. The molecule has 0 saturated carbocycles. The minimum absolute atomic E-state index is 0.144. The van der Waals surface area contributed by atoms with Crippen molar-refractivity contribution in [3.63, 3.8) is 0 Å². The molecule has 0 radical (unpaired) electrons. The number of anilines is 1. The van der Waals surface area contributed by atoms with Gasteiger partial charge in [-0.05, 0) is 118 Å². The minimum Gasteiger partial charge on any atom is -0.463 e. The van der Waals surface area contributed by atoms with Gasteiger partial charge in [-0.1, -0.05) is 157 Å². The highest BCUT2D eigenvalue weighted by Gasteiger charge is 2.30. The van der Waals surface area contributed by atoms with Crippen molar-refractivity contribution in [1.29, 1.82) is 0 Å². The summed E-state index contributed by atoms with van der Waals surface area (Å²) in [6.07, 6.45) is 30.8. The van der Waals surface area contributed by atoms with Crippen LogP contribution in [-0.2, 0) is 4.74 Å². The summed E-state index contributed by atoms with van der Waals surface area (Å²) in [6, 6.07) is 9.51. The molecule has 0 amide bonds. The van der Waals surface area contributed by atoms with Gasteiger partial charge >= 0.3 is 6.01 Å². The van der Waals surface area contributed by atoms with Crippen LogP contribution in [0.4, 0.5) is 10.2 Å². The van der Waals surface area contributed by atoms with Gasteiger partial charge in [-0.3, -0.25) is 4.98 Å². The number of nitrogens with zero attached hydrogens (tertiary/aromatic N) is 4. The summed E-state index contributed by atoms with van der Waals surface area (Å²) >= 11 is 0. The van der Waals surface area contributed by atoms with E-state index < -0.39 is 5.82 Å². The molecule has 6 nitrogen and oxygen atoms in total. The molecule has 8 heteroatoms. The predicted molar refractivity (Wildman–Crippen MR) is 297 cm³/mol. The van der Waals surface area contributed by atoms with Crippen molar-refractivity contribution in [2.45, 2.75) is 203 Å². The van der Waals surface area contributed by atoms with Crippen LogP contribution in [0.3, 0.4) is 0 Å². The average molecular weight is 963 g/mol. The highest BCUT2D eigenvalue weighted by atomic mass is 31.0. The largest absolute Gasteiger partial charge is 0.463 e. The molecule has 0 N–H and O–H groups in total. The smallest absolute Gasteiger partial charge is 0.318 e. The number of fused-ring (bicyclic) bond motifs is 2. The zero-order valence-electron chi connectivity index (χ0n) is 44.9. The number of ether oxygens (including phenoxy) is 2. The molecule has 1 aliphatic heterocycles. The van der Waals surface area contributed by atoms with E-state index >= 15 is 4.39 Å². The quantitative estimate of drug-likeness (QED) is 0.0307. The van der Waals surface area contributed by atoms with Crippen LogP contribution in [0, 0.1) is 53.2 Å². The number of hydrogen-bond donors (Lipinski definition) is 0. The molecule has 380 valence electrons. The van der Waals surface area contributed by atoms with Crippen LogP contribution < -0.4 is 14.9 Å². The third-order valence-corrected chi connectivity index (χ3v) is 16.1. The van der Waals surface area contributed by atoms with Crippen LogP contribution in [0.25, 0.3) is 32.9 Å². The number of terminal acetylenes is 1. The number of pyridine rings is 1. The molecule has 0 aliphatic carbocycles. The van der Waals surface area contributed by atoms with E-state index in [9.17, 15) is 0 Å². The first-order chi connectivity index (χ1) is 33.2. The first kappa shape index (κ1) is 56.3. The Morgan fingerprint density at radius 3 is 2.14 bits per heavy atom. The van der Waals surface area contributed by atoms with Gasteiger partial charge in [0.05, 0.1) is 41.0 Å². The van der Waals surface area contributed by atoms with Crippen molar-refractivity contribution in [2.75, 3.05) is 24.6 Å². The van der Waals surface area contributed by atoms with Gasteiger partial charge in [0, 0.05) is 41.0 Å². The van der Waals surface area contributed by atoms with Gasteiger partial charge in [0.25, 0.3) is 0 Å². The minimum atomic E-state index is -0.419. The zero-order chi connectivity index (χ0) is 50.1. The molecular weight excluding hydrogens is 871 g/mol. The molecule has 69 heavy (non-hydrogen) atoms. The Morgan fingerprint density at radius 1 is 0.870 bits per heavy atom. The highest BCUT2D eigenvalue weighted by molar-refractivity contribution is 7.28. The number of halogens is 1. The average Bonchev–Trinajstić information content (AvgIpc) is 3.51. The van der Waals surface area contributed by atoms with E-state index in [0.29, 0.717) is 59.6 Å². The normalized spacial score (nSPS) is 18.6. The second-order valence-corrected chi connectivity index (χ2v) is 22.7. The summed E-state index contributed by atoms with van der Waals surface area (Å²) in [5, 5.41) is 3.22. The Hall–Kier alpha value is -3.59. The molecule has 5 rings (SSSR count). The monoisotopic (exact) mass is 963 g/mol. The maximum absolute atomic E-state index is 15.2. The zero-order valence-corrected chi connectivity index (χ0v) is 46.1. The highest BCUT2D eigenvalue weighted by Crippen LogP contribution is 2.39. The third kappa shape index (κ3) is 16.2. The number of benzene rings is 2. The van der Waals surface area contributed by atoms with Crippen molar-refractivity contribution in [2.24, 2.45) is 35.0 Å². The Balaban J connectivity index is 1.37. The van der Waals surface area contributed by atoms with E-state index in [1.165, 1.54) is 108 Å². The summed E-state index contributed by atoms with van der Waals surface area (Å²) in [5.41, 5.74) is 3.57. The lowest BCUT2D eigenvalue weighted by Gasteiger charge is -2.32. The lowest BCUT2D eigenvalue weighted by Crippen LogP contribution is -2.31. The molecule has 1 aliphatic rings. The Kier molecular flexibility index (Phi) is 22.7. The summed E-state index contributed by atoms with van der Waals surface area (Å²) in [4.78, 5) is 18.0. The Labute approximate surface area is 421 Å². The second kappa shape index (κ2) is 27.9. The van der Waals surface area contributed by atoms with E-state index in [0.717, 1.165) is 77.7 Å². The molecular formula is C61H92FN4O2P. The van der Waals surface area contributed by atoms with Gasteiger partial charge in [0.15, 0.2) is 0 Å². The molecule has 9 unspecified atom stereocenters. The summed E-state index contributed by atoms with van der Waals surface area (Å²) in [7, 11) is 2.91. The first-order valence-corrected chi connectivity index (χ1v) is 28.1. The molecule has 3 heterocycles. The maximum Gasteiger partial charge on any atom is 0.318 e. The van der Waals surface area contributed by atoms with Crippen molar-refractivity contribution < 1.29 is 13.9 Å². The topological polar surface area (TPSA) is 60.4 Å². The molecule has 4 aromatic rings. The third-order valence-electron chi connectivity index (χ3n) is 15.6. The fraction of sp³-hybridized carbons (Fsp3) is 0.656. The summed E-state index contributed by atoms with van der Waals surface area (Å²) in [6.45, 7) is 30.2. The fourth-order valence-electron chi connectivity index (χ4n) is 10.9. The van der Waals surface area contributed by atoms with Gasteiger partial charge in [-0.25, -0.2) is 4.39 Å². The van der Waals surface area contributed by atoms with Crippen molar-refractivity contribution >= 4 is 42.0 Å². The number of allylic oxidation sites excluding steroid dienone is 1. The van der Waals surface area contributed by atoms with Crippen molar-refractivity contribution in [3.05, 3.63) is 60.1 Å². The van der Waals surface area contributed by atoms with E-state index in [1.54, 1.807) is 6.07 Å². The van der Waals surface area contributed by atoms with E-state index in [2.05, 4.69) is 95.9 Å². The van der Waals surface area contributed by atoms with Crippen molar-refractivity contribution in [3.8, 4) is 29.6 Å². The van der Waals surface area contributed by atoms with Crippen LogP contribution >= 0.6 is 9.24 Å². The predicted octanol–water partition coefficient (Wildman–Crippen LogP) is 16.7. The second-order valence-electron chi connectivity index (χ2n) is 22.2. The van der Waals surface area contributed by atoms with Gasteiger partial charge in [0.1, 0.15) is 11.6 Å². The maximum atomic E-state index is 15.2. The van der Waals surface area contributed by atoms with Crippen LogP contribution in [-0.4, -0.2) is 46.9 Å². The number of aromatic nitrogens is 3. The standard InChI is InChI=1S/C61H92FN4O2P/c1-13-20-47(30-27-44(9)29-33-50(22-15-3)68-49(21-14-2)32-28-42(7)16-4)35-36-61(12,37-43(8)17-5)41-67-60-64-57-53(59(65-60)66-39-45(10)25-26-46(11)40-66)38-63-56(58(57)69)52-24-19-23-48-31-34-54(62)51(18-6)55(48)52/h6,19,23-24,31,34,38,42,44-47,49-50H,8,13-17,20-22,25-30,32-33,35-37,39-41,69H2,1-5,7,9-12H3. The van der Waals surface area contributed by atoms with Crippen LogP contribution in [0.15, 0.2) is 48.7 Å². The van der Waals surface area contributed by atoms with Crippen LogP contribution in [0.1, 0.15) is 197 Å². The van der Waals surface area contributed by atoms with E-state index in [1.807, 2.05) is 24.4 Å². The molecule has 2 aromatic heterocycles. The first-order valence-electron chi connectivity index (χ1n) is 27.5. The SMILES string of the molecule is C#Cc1c(F)ccc2cccc(-c3ncc4c(N5CC(C)CCC(C)C5)nc(OCC(C)(CCC(CCC)CCC(C)CCC(CCC)OC(CCC)CCC(C)CC)CC(=C)CC)nc4c3P)c12. The fourth-order valence-corrected chi connectivity index (χ4v) is 11.3. The van der Waals surface area contributed by atoms with Gasteiger partial charge in [-0.15, -0.1) is 15.7 Å². The summed E-state index contributed by atoms with van der Waals surface area (Å²) < 4.78 is 29.0. The van der Waals surface area contributed by atoms with Crippen LogP contribution in [0.5, 0.6) is 6.01 Å². The summed E-state index contributed by atoms with van der Waals surface area (Å²) in [5.74, 6) is 6.22. The lowest BCUT2D eigenvalue weighted by molar-refractivity contribution is -0.0336. The van der Waals surface area contributed by atoms with E-state index in [-0.39, 0.29) is 11.0 Å². The molecule has 1 fully saturated rings.